The van der Waals surface area contributed by atoms with Crippen molar-refractivity contribution in [3.63, 3.8) is 0 Å². The van der Waals surface area contributed by atoms with Gasteiger partial charge in [0, 0.05) is 13.0 Å². The van der Waals surface area contributed by atoms with Gasteiger partial charge in [0.2, 0.25) is 11.4 Å². The molecule has 2 rings (SSSR count). The minimum Gasteiger partial charge on any atom is -0.330 e. The third-order valence-corrected chi connectivity index (χ3v) is 3.77. The van der Waals surface area contributed by atoms with Crippen molar-refractivity contribution in [2.45, 2.75) is 45.5 Å². The Morgan fingerprint density at radius 1 is 1.28 bits per heavy atom. The van der Waals surface area contributed by atoms with Crippen molar-refractivity contribution in [2.75, 3.05) is 5.32 Å². The van der Waals surface area contributed by atoms with Gasteiger partial charge >= 0.3 is 11.9 Å². The van der Waals surface area contributed by atoms with Crippen LogP contribution in [0.2, 0.25) is 0 Å². The number of nitrogens with one attached hydrogen (secondary N) is 3. The summed E-state index contributed by atoms with van der Waals surface area (Å²) >= 11 is 0. The largest absolute Gasteiger partial charge is 0.425 e. The minimum absolute atomic E-state index is 0.0338. The smallest absolute Gasteiger partial charge is 0.330 e. The molecule has 11 heteroatoms. The van der Waals surface area contributed by atoms with E-state index in [-0.39, 0.29) is 18.9 Å². The molecule has 138 valence electrons. The van der Waals surface area contributed by atoms with Crippen molar-refractivity contribution in [3.05, 3.63) is 26.4 Å². The number of H-pyrrole nitrogens is 1. The summed E-state index contributed by atoms with van der Waals surface area (Å²) in [6.45, 7) is 4.68. The van der Waals surface area contributed by atoms with Crippen LogP contribution in [0, 0.1) is 5.92 Å². The average molecular weight is 362 g/mol. The molecule has 25 heavy (non-hydrogen) atoms. The number of alkyl halides is 3. The number of aromatic amines is 1. The Morgan fingerprint density at radius 3 is 2.36 bits per heavy atom. The summed E-state index contributed by atoms with van der Waals surface area (Å²) in [7, 11) is 0. The van der Waals surface area contributed by atoms with Gasteiger partial charge in [0.1, 0.15) is 11.4 Å². The lowest BCUT2D eigenvalue weighted by molar-refractivity contribution is -0.200. The van der Waals surface area contributed by atoms with Crippen LogP contribution in [-0.2, 0) is 21.7 Å². The molecule has 0 fully saturated rings. The Labute approximate surface area is 139 Å². The van der Waals surface area contributed by atoms with Crippen molar-refractivity contribution in [3.8, 4) is 0 Å². The Kier molecular flexibility index (Phi) is 4.53. The standard InChI is InChI=1S/C14H17F3N4O4/c1-4-7(22)20-13(14(15,16)17)8-9(18-11(13)24)21(5-6(2)3)12(25)19-10(8)23/h6H,4-5H2,1-3H3,(H,18,24)(H,20,22)(H,19,23,25)/t13-/m0/s1. The van der Waals surface area contributed by atoms with Crippen LogP contribution >= 0.6 is 0 Å². The molecule has 0 aliphatic carbocycles. The first-order valence-corrected chi connectivity index (χ1v) is 7.52. The average Bonchev–Trinajstić information content (AvgIpc) is 2.77. The van der Waals surface area contributed by atoms with Crippen molar-refractivity contribution in [1.29, 1.82) is 0 Å². The van der Waals surface area contributed by atoms with Crippen LogP contribution in [0.3, 0.4) is 0 Å². The third kappa shape index (κ3) is 2.83. The van der Waals surface area contributed by atoms with E-state index in [0.717, 1.165) is 4.57 Å². The second-order valence-corrected chi connectivity index (χ2v) is 6.09. The monoisotopic (exact) mass is 362 g/mol. The lowest BCUT2D eigenvalue weighted by Crippen LogP contribution is -2.62. The number of carbonyl (C=O) groups is 2. The van der Waals surface area contributed by atoms with E-state index in [4.69, 9.17) is 0 Å². The summed E-state index contributed by atoms with van der Waals surface area (Å²) in [5, 5.41) is 3.57. The summed E-state index contributed by atoms with van der Waals surface area (Å²) in [5.74, 6) is -3.41. The lowest BCUT2D eigenvalue weighted by Gasteiger charge is -2.29. The topological polar surface area (TPSA) is 113 Å². The molecule has 0 saturated heterocycles. The minimum atomic E-state index is -5.29. The van der Waals surface area contributed by atoms with Gasteiger partial charge < -0.3 is 10.6 Å². The Balaban J connectivity index is 2.85. The zero-order chi connectivity index (χ0) is 19.2. The summed E-state index contributed by atoms with van der Waals surface area (Å²) < 4.78 is 42.3. The molecule has 1 atom stereocenters. The normalized spacial score (nSPS) is 19.7. The quantitative estimate of drug-likeness (QED) is 0.721. The van der Waals surface area contributed by atoms with Gasteiger partial charge in [0.25, 0.3) is 11.5 Å². The van der Waals surface area contributed by atoms with Crippen molar-refractivity contribution in [2.24, 2.45) is 5.92 Å². The predicted molar refractivity (Wildman–Crippen MR) is 81.0 cm³/mol. The van der Waals surface area contributed by atoms with Crippen LogP contribution in [0.1, 0.15) is 32.8 Å². The highest BCUT2D eigenvalue weighted by molar-refractivity contribution is 6.07. The second kappa shape index (κ2) is 6.05. The van der Waals surface area contributed by atoms with E-state index in [0.29, 0.717) is 0 Å². The van der Waals surface area contributed by atoms with Gasteiger partial charge in [0.15, 0.2) is 0 Å². The van der Waals surface area contributed by atoms with E-state index in [1.54, 1.807) is 24.1 Å². The molecular formula is C14H17F3N4O4. The predicted octanol–water partition coefficient (Wildman–Crippen LogP) is 0.428. The van der Waals surface area contributed by atoms with Crippen LogP contribution in [0.15, 0.2) is 9.59 Å². The van der Waals surface area contributed by atoms with Crippen molar-refractivity contribution in [1.82, 2.24) is 14.9 Å². The summed E-state index contributed by atoms with van der Waals surface area (Å²) in [5.41, 5.74) is -6.91. The fourth-order valence-corrected chi connectivity index (χ4v) is 2.66. The highest BCUT2D eigenvalue weighted by atomic mass is 19.4. The Hall–Kier alpha value is -2.59. The maximum Gasteiger partial charge on any atom is 0.425 e. The van der Waals surface area contributed by atoms with E-state index in [9.17, 15) is 32.3 Å². The number of amides is 2. The number of nitrogens with zero attached hydrogens (tertiary/aromatic N) is 1. The molecule has 1 aliphatic rings. The third-order valence-electron chi connectivity index (χ3n) is 3.77. The molecule has 1 aromatic heterocycles. The molecular weight excluding hydrogens is 345 g/mol. The first-order chi connectivity index (χ1) is 11.5. The number of rotatable bonds is 4. The number of aromatic nitrogens is 2. The van der Waals surface area contributed by atoms with Crippen LogP contribution in [-0.4, -0.2) is 27.5 Å². The number of carbonyl (C=O) groups excluding carboxylic acids is 2. The number of fused-ring (bicyclic) bond motifs is 1. The first-order valence-electron chi connectivity index (χ1n) is 7.52. The highest BCUT2D eigenvalue weighted by Crippen LogP contribution is 2.44. The van der Waals surface area contributed by atoms with E-state index < -0.39 is 46.2 Å². The van der Waals surface area contributed by atoms with Gasteiger partial charge in [-0.3, -0.25) is 23.9 Å². The number of halogens is 3. The molecule has 0 saturated carbocycles. The molecule has 2 amide bonds. The van der Waals surface area contributed by atoms with Crippen molar-refractivity contribution < 1.29 is 22.8 Å². The fourth-order valence-electron chi connectivity index (χ4n) is 2.66. The molecule has 1 aromatic rings. The van der Waals surface area contributed by atoms with Crippen LogP contribution in [0.4, 0.5) is 19.0 Å². The second-order valence-electron chi connectivity index (χ2n) is 6.09. The van der Waals surface area contributed by atoms with Crippen LogP contribution < -0.4 is 21.9 Å². The molecule has 1 aliphatic heterocycles. The summed E-state index contributed by atoms with van der Waals surface area (Å²) in [4.78, 5) is 49.8. The van der Waals surface area contributed by atoms with Gasteiger partial charge in [-0.2, -0.15) is 13.2 Å². The number of hydrogen-bond donors (Lipinski definition) is 3. The van der Waals surface area contributed by atoms with E-state index in [2.05, 4.69) is 0 Å². The van der Waals surface area contributed by atoms with E-state index in [1.807, 2.05) is 5.32 Å². The maximum atomic E-state index is 13.8. The summed E-state index contributed by atoms with van der Waals surface area (Å²) in [6.07, 6.45) is -5.62. The molecule has 2 heterocycles. The SMILES string of the molecule is CCC(=O)N[C@]1(C(F)(F)F)C(=O)Nc2c1c(=O)[nH]c(=O)n2CC(C)C. The van der Waals surface area contributed by atoms with Gasteiger partial charge in [-0.1, -0.05) is 20.8 Å². The summed E-state index contributed by atoms with van der Waals surface area (Å²) in [6, 6.07) is 0. The molecule has 3 N–H and O–H groups in total. The zero-order valence-corrected chi connectivity index (χ0v) is 13.7. The van der Waals surface area contributed by atoms with Crippen molar-refractivity contribution >= 4 is 17.6 Å². The number of hydrogen-bond acceptors (Lipinski definition) is 4. The first kappa shape index (κ1) is 18.7. The van der Waals surface area contributed by atoms with Gasteiger partial charge in [0.05, 0.1) is 0 Å². The molecule has 0 spiro atoms. The Morgan fingerprint density at radius 2 is 1.88 bits per heavy atom. The Bertz CT molecular complexity index is 840. The van der Waals surface area contributed by atoms with Crippen LogP contribution in [0.25, 0.3) is 0 Å². The zero-order valence-electron chi connectivity index (χ0n) is 13.7. The lowest BCUT2D eigenvalue weighted by atomic mass is 9.91. The van der Waals surface area contributed by atoms with Gasteiger partial charge in [-0.25, -0.2) is 4.79 Å². The molecule has 8 nitrogen and oxygen atoms in total. The molecule has 0 radical (unpaired) electrons. The van der Waals surface area contributed by atoms with Gasteiger partial charge in [-0.05, 0) is 5.92 Å². The molecule has 0 unspecified atom stereocenters. The molecule has 0 bridgehead atoms. The van der Waals surface area contributed by atoms with E-state index >= 15 is 0 Å². The fraction of sp³-hybridized carbons (Fsp3) is 0.571. The highest BCUT2D eigenvalue weighted by Gasteiger charge is 2.68. The van der Waals surface area contributed by atoms with Gasteiger partial charge in [-0.15, -0.1) is 0 Å². The number of anilines is 1. The maximum absolute atomic E-state index is 13.8. The van der Waals surface area contributed by atoms with Crippen LogP contribution in [0.5, 0.6) is 0 Å². The molecule has 0 aromatic carbocycles. The van der Waals surface area contributed by atoms with E-state index in [1.165, 1.54) is 6.92 Å².